The molecule has 2 aromatic rings. The van der Waals surface area contributed by atoms with Crippen LogP contribution in [-0.2, 0) is 4.74 Å². The summed E-state index contributed by atoms with van der Waals surface area (Å²) in [7, 11) is 1.78. The third-order valence-corrected chi connectivity index (χ3v) is 6.05. The first-order valence-electron chi connectivity index (χ1n) is 9.85. The summed E-state index contributed by atoms with van der Waals surface area (Å²) in [5.74, 6) is 0.952. The molecule has 1 aliphatic carbocycles. The lowest BCUT2D eigenvalue weighted by Crippen LogP contribution is -2.49. The molecule has 0 radical (unpaired) electrons. The van der Waals surface area contributed by atoms with E-state index in [1.807, 2.05) is 53.4 Å². The average molecular weight is 378 g/mol. The monoisotopic (exact) mass is 378 g/mol. The van der Waals surface area contributed by atoms with Gasteiger partial charge in [0.2, 0.25) is 0 Å². The predicted molar refractivity (Wildman–Crippen MR) is 109 cm³/mol. The molecule has 0 spiro atoms. The molecule has 5 heteroatoms. The molecular formula is C23H26N2O3. The van der Waals surface area contributed by atoms with Crippen LogP contribution in [0, 0.1) is 11.8 Å². The SMILES string of the molecule is COC1[C@@H]2CC[C@H]1CN(C(=O)Nc1ccc(-c3cccc(C(C)=O)c3)cc1)C2. The minimum atomic E-state index is -0.0437. The molecule has 3 atom stereocenters. The van der Waals surface area contributed by atoms with Gasteiger partial charge in [-0.3, -0.25) is 4.79 Å². The number of amides is 2. The molecule has 5 nitrogen and oxygen atoms in total. The molecule has 1 heterocycles. The van der Waals surface area contributed by atoms with Gasteiger partial charge in [-0.15, -0.1) is 0 Å². The van der Waals surface area contributed by atoms with Crippen LogP contribution in [0.2, 0.25) is 0 Å². The van der Waals surface area contributed by atoms with Crippen molar-refractivity contribution in [1.29, 1.82) is 0 Å². The highest BCUT2D eigenvalue weighted by Gasteiger charge is 2.43. The number of urea groups is 1. The minimum Gasteiger partial charge on any atom is -0.381 e. The van der Waals surface area contributed by atoms with Crippen LogP contribution in [0.4, 0.5) is 10.5 Å². The van der Waals surface area contributed by atoms with E-state index in [1.165, 1.54) is 0 Å². The highest BCUT2D eigenvalue weighted by Crippen LogP contribution is 2.38. The molecule has 1 saturated carbocycles. The molecule has 1 unspecified atom stereocenters. The van der Waals surface area contributed by atoms with Gasteiger partial charge < -0.3 is 15.0 Å². The Balaban J connectivity index is 1.42. The maximum absolute atomic E-state index is 12.7. The molecule has 2 aliphatic rings. The van der Waals surface area contributed by atoms with E-state index in [9.17, 15) is 9.59 Å². The molecule has 2 fully saturated rings. The molecule has 146 valence electrons. The van der Waals surface area contributed by atoms with E-state index < -0.39 is 0 Å². The number of carbonyl (C=O) groups excluding carboxylic acids is 2. The topological polar surface area (TPSA) is 58.6 Å². The third-order valence-electron chi connectivity index (χ3n) is 6.05. The Hall–Kier alpha value is -2.66. The highest BCUT2D eigenvalue weighted by atomic mass is 16.5. The quantitative estimate of drug-likeness (QED) is 0.800. The molecular weight excluding hydrogens is 352 g/mol. The van der Waals surface area contributed by atoms with Crippen LogP contribution in [0.15, 0.2) is 48.5 Å². The van der Waals surface area contributed by atoms with Gasteiger partial charge in [0.15, 0.2) is 5.78 Å². The third kappa shape index (κ3) is 3.67. The largest absolute Gasteiger partial charge is 0.381 e. The van der Waals surface area contributed by atoms with E-state index in [0.29, 0.717) is 23.5 Å². The Kier molecular flexibility index (Phi) is 5.18. The molecule has 2 amide bonds. The van der Waals surface area contributed by atoms with Crippen LogP contribution in [0.3, 0.4) is 0 Å². The van der Waals surface area contributed by atoms with E-state index in [4.69, 9.17) is 4.74 Å². The maximum Gasteiger partial charge on any atom is 0.321 e. The lowest BCUT2D eigenvalue weighted by Gasteiger charge is -2.37. The predicted octanol–water partition coefficient (Wildman–Crippen LogP) is 4.44. The summed E-state index contributed by atoms with van der Waals surface area (Å²) in [6.45, 7) is 3.09. The molecule has 2 aromatic carbocycles. The van der Waals surface area contributed by atoms with Crippen molar-refractivity contribution >= 4 is 17.5 Å². The van der Waals surface area contributed by atoms with Crippen molar-refractivity contribution in [3.05, 3.63) is 54.1 Å². The fourth-order valence-corrected chi connectivity index (χ4v) is 4.59. The molecule has 2 bridgehead atoms. The first kappa shape index (κ1) is 18.7. The highest BCUT2D eigenvalue weighted by molar-refractivity contribution is 5.95. The Morgan fingerprint density at radius 2 is 1.68 bits per heavy atom. The Morgan fingerprint density at radius 3 is 2.29 bits per heavy atom. The second kappa shape index (κ2) is 7.76. The van der Waals surface area contributed by atoms with Crippen LogP contribution in [0.25, 0.3) is 11.1 Å². The Labute approximate surface area is 165 Å². The number of piperidine rings is 1. The van der Waals surface area contributed by atoms with E-state index in [0.717, 1.165) is 42.7 Å². The summed E-state index contributed by atoms with van der Waals surface area (Å²) in [6, 6.07) is 15.3. The van der Waals surface area contributed by atoms with Crippen LogP contribution in [-0.4, -0.2) is 43.0 Å². The normalized spacial score (nSPS) is 23.5. The van der Waals surface area contributed by atoms with Gasteiger partial charge in [-0.25, -0.2) is 4.79 Å². The molecule has 1 aliphatic heterocycles. The second-order valence-electron chi connectivity index (χ2n) is 7.85. The number of benzene rings is 2. The van der Waals surface area contributed by atoms with Gasteiger partial charge in [-0.1, -0.05) is 30.3 Å². The number of likely N-dealkylation sites (tertiary alicyclic amines) is 1. The number of Topliss-reactive ketones (excluding diaryl/α,β-unsaturated/α-hetero) is 1. The van der Waals surface area contributed by atoms with Crippen LogP contribution < -0.4 is 5.32 Å². The lowest BCUT2D eigenvalue weighted by molar-refractivity contribution is -0.00364. The summed E-state index contributed by atoms with van der Waals surface area (Å²) in [6.07, 6.45) is 2.58. The molecule has 1 N–H and O–H groups in total. The van der Waals surface area contributed by atoms with Crippen LogP contribution in [0.1, 0.15) is 30.1 Å². The van der Waals surface area contributed by atoms with Crippen molar-refractivity contribution < 1.29 is 14.3 Å². The van der Waals surface area contributed by atoms with Gasteiger partial charge >= 0.3 is 6.03 Å². The summed E-state index contributed by atoms with van der Waals surface area (Å²) >= 11 is 0. The van der Waals surface area contributed by atoms with Gasteiger partial charge in [-0.2, -0.15) is 0 Å². The van der Waals surface area contributed by atoms with E-state index >= 15 is 0 Å². The van der Waals surface area contributed by atoms with Gasteiger partial charge in [0, 0.05) is 43.3 Å². The van der Waals surface area contributed by atoms with E-state index in [2.05, 4.69) is 5.32 Å². The van der Waals surface area contributed by atoms with Crippen LogP contribution in [0.5, 0.6) is 0 Å². The van der Waals surface area contributed by atoms with Crippen molar-refractivity contribution in [2.24, 2.45) is 11.8 Å². The van der Waals surface area contributed by atoms with Gasteiger partial charge in [0.1, 0.15) is 0 Å². The average Bonchev–Trinajstić information content (AvgIpc) is 2.96. The number of carbonyl (C=O) groups is 2. The maximum atomic E-state index is 12.7. The molecule has 1 saturated heterocycles. The number of fused-ring (bicyclic) bond motifs is 2. The number of ether oxygens (including phenoxy) is 1. The number of hydrogen-bond donors (Lipinski definition) is 1. The molecule has 4 rings (SSSR count). The van der Waals surface area contributed by atoms with E-state index in [1.54, 1.807) is 14.0 Å². The second-order valence-corrected chi connectivity index (χ2v) is 7.85. The number of anilines is 1. The van der Waals surface area contributed by atoms with Crippen molar-refractivity contribution in [2.75, 3.05) is 25.5 Å². The van der Waals surface area contributed by atoms with Crippen molar-refractivity contribution in [1.82, 2.24) is 4.90 Å². The zero-order valence-corrected chi connectivity index (χ0v) is 16.4. The zero-order valence-electron chi connectivity index (χ0n) is 16.4. The number of nitrogens with zero attached hydrogens (tertiary/aromatic N) is 1. The summed E-state index contributed by atoms with van der Waals surface area (Å²) in [5.41, 5.74) is 3.48. The lowest BCUT2D eigenvalue weighted by atomic mass is 9.95. The van der Waals surface area contributed by atoms with Crippen molar-refractivity contribution in [2.45, 2.75) is 25.9 Å². The summed E-state index contributed by atoms with van der Waals surface area (Å²) < 4.78 is 5.62. The van der Waals surface area contributed by atoms with Crippen LogP contribution >= 0.6 is 0 Å². The zero-order chi connectivity index (χ0) is 19.7. The Morgan fingerprint density at radius 1 is 1.00 bits per heavy atom. The smallest absolute Gasteiger partial charge is 0.321 e. The standard InChI is InChI=1S/C23H26N2O3/c1-15(26)17-4-3-5-18(12-17)16-8-10-21(11-9-16)24-23(27)25-13-19-6-7-20(14-25)22(19)28-2/h3-5,8-12,19-20,22H,6-7,13-14H2,1-2H3,(H,24,27)/t19-,20+,22?. The van der Waals surface area contributed by atoms with Gasteiger partial charge in [0.25, 0.3) is 0 Å². The first-order valence-corrected chi connectivity index (χ1v) is 9.85. The molecule has 28 heavy (non-hydrogen) atoms. The Bertz CT molecular complexity index is 864. The fourth-order valence-electron chi connectivity index (χ4n) is 4.59. The fraction of sp³-hybridized carbons (Fsp3) is 0.391. The number of hydrogen-bond acceptors (Lipinski definition) is 3. The molecule has 0 aromatic heterocycles. The summed E-state index contributed by atoms with van der Waals surface area (Å²) in [5, 5.41) is 3.01. The minimum absolute atomic E-state index is 0.0437. The van der Waals surface area contributed by atoms with Gasteiger partial charge in [-0.05, 0) is 49.1 Å². The van der Waals surface area contributed by atoms with Crippen molar-refractivity contribution in [3.8, 4) is 11.1 Å². The number of methoxy groups -OCH3 is 1. The van der Waals surface area contributed by atoms with Crippen molar-refractivity contribution in [3.63, 3.8) is 0 Å². The van der Waals surface area contributed by atoms with E-state index in [-0.39, 0.29) is 11.8 Å². The number of rotatable bonds is 4. The summed E-state index contributed by atoms with van der Waals surface area (Å²) in [4.78, 5) is 26.2. The number of nitrogens with one attached hydrogen (secondary N) is 1. The van der Waals surface area contributed by atoms with Gasteiger partial charge in [0.05, 0.1) is 6.10 Å². The number of ketones is 1. The first-order chi connectivity index (χ1) is 13.5.